The lowest BCUT2D eigenvalue weighted by Gasteiger charge is -2.32. The molecule has 0 spiro atoms. The van der Waals surface area contributed by atoms with Crippen molar-refractivity contribution in [3.8, 4) is 0 Å². The molecule has 1 heterocycles. The van der Waals surface area contributed by atoms with Crippen LogP contribution in [-0.4, -0.2) is 37.0 Å². The summed E-state index contributed by atoms with van der Waals surface area (Å²) in [5, 5.41) is 3.29. The number of likely N-dealkylation sites (N-methyl/N-ethyl adjacent to an activating group) is 1. The van der Waals surface area contributed by atoms with Crippen molar-refractivity contribution in [1.82, 2.24) is 10.2 Å². The SMILES string of the molecule is CN(C(=O)C1CCC1)[C@H]1CCNC1. The molecule has 0 unspecified atom stereocenters. The fourth-order valence-electron chi connectivity index (χ4n) is 2.09. The molecule has 1 aliphatic heterocycles. The van der Waals surface area contributed by atoms with E-state index in [1.165, 1.54) is 6.42 Å². The van der Waals surface area contributed by atoms with E-state index in [9.17, 15) is 4.79 Å². The van der Waals surface area contributed by atoms with Crippen molar-refractivity contribution in [3.63, 3.8) is 0 Å². The van der Waals surface area contributed by atoms with Gasteiger partial charge >= 0.3 is 0 Å². The zero-order valence-electron chi connectivity index (χ0n) is 8.25. The number of hydrogen-bond acceptors (Lipinski definition) is 2. The van der Waals surface area contributed by atoms with Gasteiger partial charge in [-0.05, 0) is 25.8 Å². The summed E-state index contributed by atoms with van der Waals surface area (Å²) in [6, 6.07) is 0.452. The van der Waals surface area contributed by atoms with Gasteiger partial charge in [-0.2, -0.15) is 0 Å². The van der Waals surface area contributed by atoms with Crippen LogP contribution in [0.4, 0.5) is 0 Å². The average Bonchev–Trinajstić information content (AvgIpc) is 2.51. The van der Waals surface area contributed by atoms with Crippen molar-refractivity contribution in [2.45, 2.75) is 31.7 Å². The van der Waals surface area contributed by atoms with Gasteiger partial charge in [0.05, 0.1) is 0 Å². The van der Waals surface area contributed by atoms with Gasteiger partial charge in [0.2, 0.25) is 5.91 Å². The number of rotatable bonds is 2. The lowest BCUT2D eigenvalue weighted by atomic mass is 9.84. The standard InChI is InChI=1S/C10H18N2O/c1-12(9-5-6-11-7-9)10(13)8-3-2-4-8/h8-9,11H,2-7H2,1H3/t9-/m0/s1. The van der Waals surface area contributed by atoms with E-state index in [0.29, 0.717) is 17.9 Å². The first-order valence-electron chi connectivity index (χ1n) is 5.26. The summed E-state index contributed by atoms with van der Waals surface area (Å²) < 4.78 is 0. The van der Waals surface area contributed by atoms with Crippen molar-refractivity contribution in [3.05, 3.63) is 0 Å². The Labute approximate surface area is 79.5 Å². The molecule has 0 aromatic heterocycles. The Morgan fingerprint density at radius 2 is 2.15 bits per heavy atom. The van der Waals surface area contributed by atoms with Crippen molar-refractivity contribution in [2.75, 3.05) is 20.1 Å². The largest absolute Gasteiger partial charge is 0.341 e. The predicted molar refractivity (Wildman–Crippen MR) is 51.4 cm³/mol. The lowest BCUT2D eigenvalue weighted by molar-refractivity contribution is -0.138. The van der Waals surface area contributed by atoms with E-state index in [1.807, 2.05) is 11.9 Å². The highest BCUT2D eigenvalue weighted by atomic mass is 16.2. The van der Waals surface area contributed by atoms with Crippen LogP contribution in [0.15, 0.2) is 0 Å². The molecule has 13 heavy (non-hydrogen) atoms. The third-order valence-electron chi connectivity index (χ3n) is 3.38. The van der Waals surface area contributed by atoms with Crippen molar-refractivity contribution < 1.29 is 4.79 Å². The first kappa shape index (κ1) is 9.00. The molecule has 1 N–H and O–H groups in total. The van der Waals surface area contributed by atoms with E-state index >= 15 is 0 Å². The zero-order chi connectivity index (χ0) is 9.26. The second kappa shape index (κ2) is 3.66. The van der Waals surface area contributed by atoms with E-state index < -0.39 is 0 Å². The van der Waals surface area contributed by atoms with Gasteiger partial charge in [-0.25, -0.2) is 0 Å². The molecule has 0 radical (unpaired) electrons. The Morgan fingerprint density at radius 1 is 1.38 bits per heavy atom. The first-order valence-corrected chi connectivity index (χ1v) is 5.26. The van der Waals surface area contributed by atoms with Gasteiger partial charge in [-0.15, -0.1) is 0 Å². The molecular weight excluding hydrogens is 164 g/mol. The summed E-state index contributed by atoms with van der Waals surface area (Å²) in [7, 11) is 1.96. The molecule has 74 valence electrons. The number of nitrogens with one attached hydrogen (secondary N) is 1. The Bertz CT molecular complexity index is 195. The highest BCUT2D eigenvalue weighted by Gasteiger charge is 2.31. The van der Waals surface area contributed by atoms with Gasteiger partial charge < -0.3 is 10.2 Å². The van der Waals surface area contributed by atoms with Crippen LogP contribution in [0, 0.1) is 5.92 Å². The maximum Gasteiger partial charge on any atom is 0.225 e. The second-order valence-electron chi connectivity index (χ2n) is 4.22. The summed E-state index contributed by atoms with van der Waals surface area (Å²) >= 11 is 0. The molecule has 1 atom stereocenters. The number of carbonyl (C=O) groups is 1. The van der Waals surface area contributed by atoms with Gasteiger partial charge in [0.1, 0.15) is 0 Å². The summed E-state index contributed by atoms with van der Waals surface area (Å²) in [6.45, 7) is 2.04. The molecule has 2 rings (SSSR count). The maximum atomic E-state index is 11.8. The summed E-state index contributed by atoms with van der Waals surface area (Å²) in [5.41, 5.74) is 0. The van der Waals surface area contributed by atoms with Gasteiger partial charge in [-0.3, -0.25) is 4.79 Å². The molecule has 1 saturated carbocycles. The van der Waals surface area contributed by atoms with Crippen LogP contribution in [-0.2, 0) is 4.79 Å². The van der Waals surface area contributed by atoms with Gasteiger partial charge in [0.25, 0.3) is 0 Å². The van der Waals surface area contributed by atoms with Crippen molar-refractivity contribution in [1.29, 1.82) is 0 Å². The Morgan fingerprint density at radius 3 is 2.62 bits per heavy atom. The maximum absolute atomic E-state index is 11.8. The van der Waals surface area contributed by atoms with Crippen LogP contribution in [0.5, 0.6) is 0 Å². The molecule has 0 aromatic carbocycles. The number of carbonyl (C=O) groups excluding carboxylic acids is 1. The topological polar surface area (TPSA) is 32.3 Å². The Kier molecular flexibility index (Phi) is 2.54. The third kappa shape index (κ3) is 1.70. The quantitative estimate of drug-likeness (QED) is 0.678. The molecule has 1 aliphatic carbocycles. The monoisotopic (exact) mass is 182 g/mol. The molecule has 3 nitrogen and oxygen atoms in total. The molecule has 3 heteroatoms. The molecule has 2 aliphatic rings. The van der Waals surface area contributed by atoms with Gasteiger partial charge in [-0.1, -0.05) is 6.42 Å². The Hall–Kier alpha value is -0.570. The van der Waals surface area contributed by atoms with E-state index in [2.05, 4.69) is 5.32 Å². The first-order chi connectivity index (χ1) is 6.29. The van der Waals surface area contributed by atoms with E-state index in [0.717, 1.165) is 32.4 Å². The van der Waals surface area contributed by atoms with Gasteiger partial charge in [0.15, 0.2) is 0 Å². The van der Waals surface area contributed by atoms with Crippen molar-refractivity contribution in [2.24, 2.45) is 5.92 Å². The number of nitrogens with zero attached hydrogens (tertiary/aromatic N) is 1. The van der Waals surface area contributed by atoms with Crippen LogP contribution in [0.1, 0.15) is 25.7 Å². The van der Waals surface area contributed by atoms with Crippen LogP contribution in [0.2, 0.25) is 0 Å². The molecule has 0 bridgehead atoms. The Balaban J connectivity index is 1.87. The summed E-state index contributed by atoms with van der Waals surface area (Å²) in [4.78, 5) is 13.8. The van der Waals surface area contributed by atoms with E-state index in [4.69, 9.17) is 0 Å². The van der Waals surface area contributed by atoms with Gasteiger partial charge in [0, 0.05) is 25.6 Å². The summed E-state index contributed by atoms with van der Waals surface area (Å²) in [5.74, 6) is 0.727. The van der Waals surface area contributed by atoms with Crippen LogP contribution in [0.25, 0.3) is 0 Å². The lowest BCUT2D eigenvalue weighted by Crippen LogP contribution is -2.43. The molecular formula is C10H18N2O. The highest BCUT2D eigenvalue weighted by molar-refractivity contribution is 5.79. The summed E-state index contributed by atoms with van der Waals surface area (Å²) in [6.07, 6.45) is 4.59. The highest BCUT2D eigenvalue weighted by Crippen LogP contribution is 2.28. The normalized spacial score (nSPS) is 28.5. The number of amides is 1. The molecule has 2 fully saturated rings. The van der Waals surface area contributed by atoms with E-state index in [1.54, 1.807) is 0 Å². The molecule has 0 aromatic rings. The predicted octanol–water partition coefficient (Wildman–Crippen LogP) is 0.607. The zero-order valence-corrected chi connectivity index (χ0v) is 8.25. The minimum Gasteiger partial charge on any atom is -0.341 e. The third-order valence-corrected chi connectivity index (χ3v) is 3.38. The fourth-order valence-corrected chi connectivity index (χ4v) is 2.09. The van der Waals surface area contributed by atoms with Crippen molar-refractivity contribution >= 4 is 5.91 Å². The number of hydrogen-bond donors (Lipinski definition) is 1. The van der Waals surface area contributed by atoms with Crippen LogP contribution >= 0.6 is 0 Å². The minimum atomic E-state index is 0.352. The fraction of sp³-hybridized carbons (Fsp3) is 0.900. The second-order valence-corrected chi connectivity index (χ2v) is 4.22. The molecule has 1 amide bonds. The average molecular weight is 182 g/mol. The van der Waals surface area contributed by atoms with Crippen LogP contribution in [0.3, 0.4) is 0 Å². The minimum absolute atomic E-state index is 0.352. The smallest absolute Gasteiger partial charge is 0.225 e. The molecule has 1 saturated heterocycles. The van der Waals surface area contributed by atoms with E-state index in [-0.39, 0.29) is 0 Å². The van der Waals surface area contributed by atoms with Crippen LogP contribution < -0.4 is 5.32 Å².